The Bertz CT molecular complexity index is 431. The van der Waals surface area contributed by atoms with Crippen molar-refractivity contribution < 1.29 is 19.1 Å². The van der Waals surface area contributed by atoms with Gasteiger partial charge in [0.05, 0.1) is 0 Å². The minimum Gasteiger partial charge on any atom is -0.444 e. The quantitative estimate of drug-likeness (QED) is 0.842. The summed E-state index contributed by atoms with van der Waals surface area (Å²) in [5, 5.41) is 2.59. The maximum absolute atomic E-state index is 12.4. The van der Waals surface area contributed by atoms with Gasteiger partial charge in [0.15, 0.2) is 0 Å². The summed E-state index contributed by atoms with van der Waals surface area (Å²) in [6.07, 6.45) is 1.90. The van der Waals surface area contributed by atoms with Gasteiger partial charge in [0.25, 0.3) is 0 Å². The largest absolute Gasteiger partial charge is 0.444 e. The zero-order valence-electron chi connectivity index (χ0n) is 14.1. The molecule has 1 saturated heterocycles. The summed E-state index contributed by atoms with van der Waals surface area (Å²) in [6.45, 7) is 5.76. The molecule has 0 aromatic rings. The number of hydrogen-bond donors (Lipinski definition) is 1. The van der Waals surface area contributed by atoms with Crippen LogP contribution in [-0.4, -0.2) is 66.5 Å². The third-order valence-corrected chi connectivity index (χ3v) is 3.45. The van der Waals surface area contributed by atoms with Crippen molar-refractivity contribution in [3.63, 3.8) is 0 Å². The number of hydrogen-bond acceptors (Lipinski definition) is 4. The third kappa shape index (κ3) is 5.20. The molecule has 3 amide bonds. The molecule has 1 heterocycles. The lowest BCUT2D eigenvalue weighted by molar-refractivity contribution is -0.142. The van der Waals surface area contributed by atoms with E-state index in [4.69, 9.17) is 4.74 Å². The zero-order valence-corrected chi connectivity index (χ0v) is 14.1. The van der Waals surface area contributed by atoms with E-state index in [2.05, 4.69) is 5.32 Å². The standard InChI is InChI=1S/C15H27N3O4/c1-15(2,3)22-14(21)17(5)10-12(19)18-9-7-6-8-11(18)13(20)16-4/h11H,6-10H2,1-5H3,(H,16,20)/t11-/m1/s1. The molecule has 7 nitrogen and oxygen atoms in total. The molecule has 126 valence electrons. The topological polar surface area (TPSA) is 79.0 Å². The summed E-state index contributed by atoms with van der Waals surface area (Å²) < 4.78 is 5.22. The first-order chi connectivity index (χ1) is 10.2. The fourth-order valence-electron chi connectivity index (χ4n) is 2.37. The molecule has 0 aromatic heterocycles. The van der Waals surface area contributed by atoms with Crippen molar-refractivity contribution >= 4 is 17.9 Å². The molecule has 1 rings (SSSR count). The van der Waals surface area contributed by atoms with E-state index in [9.17, 15) is 14.4 Å². The SMILES string of the molecule is CNC(=O)[C@H]1CCCCN1C(=O)CN(C)C(=O)OC(C)(C)C. The summed E-state index contributed by atoms with van der Waals surface area (Å²) in [6, 6.07) is -0.446. The van der Waals surface area contributed by atoms with E-state index in [0.29, 0.717) is 13.0 Å². The van der Waals surface area contributed by atoms with Crippen molar-refractivity contribution in [1.29, 1.82) is 0 Å². The van der Waals surface area contributed by atoms with E-state index in [-0.39, 0.29) is 18.4 Å². The molecule has 0 aliphatic carbocycles. The first kappa shape index (κ1) is 18.3. The van der Waals surface area contributed by atoms with Crippen LogP contribution >= 0.6 is 0 Å². The predicted molar refractivity (Wildman–Crippen MR) is 82.3 cm³/mol. The molecule has 1 aliphatic heterocycles. The molecule has 0 spiro atoms. The van der Waals surface area contributed by atoms with Crippen LogP contribution in [-0.2, 0) is 14.3 Å². The zero-order chi connectivity index (χ0) is 16.9. The van der Waals surface area contributed by atoms with Crippen molar-refractivity contribution in [2.24, 2.45) is 0 Å². The molecule has 7 heteroatoms. The minimum absolute atomic E-state index is 0.0948. The number of nitrogens with zero attached hydrogens (tertiary/aromatic N) is 2. The third-order valence-electron chi connectivity index (χ3n) is 3.45. The average molecular weight is 313 g/mol. The van der Waals surface area contributed by atoms with Crippen LogP contribution in [0.4, 0.5) is 4.79 Å². The number of likely N-dealkylation sites (tertiary alicyclic amines) is 1. The average Bonchev–Trinajstić information content (AvgIpc) is 2.44. The van der Waals surface area contributed by atoms with E-state index in [1.165, 1.54) is 11.9 Å². The lowest BCUT2D eigenvalue weighted by atomic mass is 10.0. The van der Waals surface area contributed by atoms with Crippen LogP contribution in [0.25, 0.3) is 0 Å². The van der Waals surface area contributed by atoms with Gasteiger partial charge in [-0.25, -0.2) is 4.79 Å². The molecule has 22 heavy (non-hydrogen) atoms. The van der Waals surface area contributed by atoms with Gasteiger partial charge in [0.2, 0.25) is 11.8 Å². The second-order valence-electron chi connectivity index (χ2n) is 6.55. The second-order valence-corrected chi connectivity index (χ2v) is 6.55. The maximum atomic E-state index is 12.4. The summed E-state index contributed by atoms with van der Waals surface area (Å²) in [4.78, 5) is 39.0. The number of amides is 3. The Morgan fingerprint density at radius 3 is 2.45 bits per heavy atom. The fourth-order valence-corrected chi connectivity index (χ4v) is 2.37. The molecule has 1 atom stereocenters. The molecule has 0 aromatic carbocycles. The van der Waals surface area contributed by atoms with Crippen LogP contribution in [0.3, 0.4) is 0 Å². The van der Waals surface area contributed by atoms with Crippen LogP contribution in [0.1, 0.15) is 40.0 Å². The molecular formula is C15H27N3O4. The highest BCUT2D eigenvalue weighted by molar-refractivity contribution is 5.89. The maximum Gasteiger partial charge on any atom is 0.410 e. The van der Waals surface area contributed by atoms with Crippen molar-refractivity contribution in [3.05, 3.63) is 0 Å². The smallest absolute Gasteiger partial charge is 0.410 e. The molecule has 0 unspecified atom stereocenters. The van der Waals surface area contributed by atoms with Crippen LogP contribution in [0.15, 0.2) is 0 Å². The Balaban J connectivity index is 2.65. The summed E-state index contributed by atoms with van der Waals surface area (Å²) in [7, 11) is 3.08. The van der Waals surface area contributed by atoms with Crippen molar-refractivity contribution in [2.45, 2.75) is 51.7 Å². The second kappa shape index (κ2) is 7.47. The molecular weight excluding hydrogens is 286 g/mol. The molecule has 1 N–H and O–H groups in total. The summed E-state index contributed by atoms with van der Waals surface area (Å²) in [5.74, 6) is -0.394. The Morgan fingerprint density at radius 2 is 1.91 bits per heavy atom. The van der Waals surface area contributed by atoms with Crippen LogP contribution in [0.2, 0.25) is 0 Å². The Morgan fingerprint density at radius 1 is 1.27 bits per heavy atom. The van der Waals surface area contributed by atoms with Crippen LogP contribution in [0.5, 0.6) is 0 Å². The molecule has 1 fully saturated rings. The highest BCUT2D eigenvalue weighted by atomic mass is 16.6. The number of nitrogens with one attached hydrogen (secondary N) is 1. The van der Waals surface area contributed by atoms with Gasteiger partial charge in [-0.3, -0.25) is 9.59 Å². The first-order valence-corrected chi connectivity index (χ1v) is 7.61. The normalized spacial score (nSPS) is 18.6. The molecule has 0 radical (unpaired) electrons. The van der Waals surface area contributed by atoms with Gasteiger partial charge in [-0.05, 0) is 40.0 Å². The number of ether oxygens (including phenoxy) is 1. The van der Waals surface area contributed by atoms with Gasteiger partial charge in [-0.2, -0.15) is 0 Å². The summed E-state index contributed by atoms with van der Waals surface area (Å²) in [5.41, 5.74) is -0.607. The van der Waals surface area contributed by atoms with Crippen molar-refractivity contribution in [3.8, 4) is 0 Å². The van der Waals surface area contributed by atoms with Gasteiger partial charge in [-0.1, -0.05) is 0 Å². The van der Waals surface area contributed by atoms with E-state index in [0.717, 1.165) is 12.8 Å². The molecule has 1 aliphatic rings. The van der Waals surface area contributed by atoms with E-state index >= 15 is 0 Å². The number of carbonyl (C=O) groups is 3. The van der Waals surface area contributed by atoms with Crippen molar-refractivity contribution in [1.82, 2.24) is 15.1 Å². The van der Waals surface area contributed by atoms with Gasteiger partial charge in [0.1, 0.15) is 18.2 Å². The summed E-state index contributed by atoms with van der Waals surface area (Å²) >= 11 is 0. The predicted octanol–water partition coefficient (Wildman–Crippen LogP) is 0.980. The van der Waals surface area contributed by atoms with Crippen molar-refractivity contribution in [2.75, 3.05) is 27.2 Å². The van der Waals surface area contributed by atoms with E-state index < -0.39 is 17.7 Å². The monoisotopic (exact) mass is 313 g/mol. The van der Waals surface area contributed by atoms with Gasteiger partial charge in [-0.15, -0.1) is 0 Å². The van der Waals surface area contributed by atoms with Crippen LogP contribution < -0.4 is 5.32 Å². The fraction of sp³-hybridized carbons (Fsp3) is 0.800. The Labute approximate surface area is 132 Å². The number of rotatable bonds is 3. The van der Waals surface area contributed by atoms with Gasteiger partial charge in [0, 0.05) is 20.6 Å². The van der Waals surface area contributed by atoms with E-state index in [1.54, 1.807) is 32.7 Å². The van der Waals surface area contributed by atoms with E-state index in [1.807, 2.05) is 0 Å². The minimum atomic E-state index is -0.607. The lowest BCUT2D eigenvalue weighted by Crippen LogP contribution is -2.54. The Kier molecular flexibility index (Phi) is 6.20. The van der Waals surface area contributed by atoms with Gasteiger partial charge < -0.3 is 19.9 Å². The Hall–Kier alpha value is -1.79. The lowest BCUT2D eigenvalue weighted by Gasteiger charge is -2.35. The highest BCUT2D eigenvalue weighted by Gasteiger charge is 2.32. The molecule has 0 bridgehead atoms. The first-order valence-electron chi connectivity index (χ1n) is 7.61. The number of piperidine rings is 1. The molecule has 0 saturated carbocycles. The number of likely N-dealkylation sites (N-methyl/N-ethyl adjacent to an activating group) is 2. The highest BCUT2D eigenvalue weighted by Crippen LogP contribution is 2.18. The van der Waals surface area contributed by atoms with Crippen LogP contribution in [0, 0.1) is 0 Å². The van der Waals surface area contributed by atoms with Gasteiger partial charge >= 0.3 is 6.09 Å². The number of carbonyl (C=O) groups excluding carboxylic acids is 3.